The first kappa shape index (κ1) is 19.8. The summed E-state index contributed by atoms with van der Waals surface area (Å²) < 4.78 is 18.8. The van der Waals surface area contributed by atoms with Crippen LogP contribution in [0.3, 0.4) is 0 Å². The monoisotopic (exact) mass is 397 g/mol. The van der Waals surface area contributed by atoms with Gasteiger partial charge in [-0.05, 0) is 49.2 Å². The van der Waals surface area contributed by atoms with Gasteiger partial charge in [0.2, 0.25) is 0 Å². The molecule has 0 radical (unpaired) electrons. The lowest BCUT2D eigenvalue weighted by atomic mass is 10.0. The van der Waals surface area contributed by atoms with Gasteiger partial charge in [0.05, 0.1) is 23.2 Å². The van der Waals surface area contributed by atoms with E-state index in [1.54, 1.807) is 26.2 Å². The van der Waals surface area contributed by atoms with Crippen molar-refractivity contribution < 1.29 is 9.13 Å². The number of aromatic nitrogens is 2. The van der Waals surface area contributed by atoms with Gasteiger partial charge < -0.3 is 10.1 Å². The second kappa shape index (κ2) is 8.35. The van der Waals surface area contributed by atoms with Gasteiger partial charge in [-0.2, -0.15) is 0 Å². The number of nitrogens with zero attached hydrogens (tertiary/aromatic N) is 2. The first-order valence-corrected chi connectivity index (χ1v) is 9.37. The van der Waals surface area contributed by atoms with Gasteiger partial charge in [0.25, 0.3) is 0 Å². The van der Waals surface area contributed by atoms with Crippen molar-refractivity contribution in [3.8, 4) is 16.9 Å². The minimum atomic E-state index is -0.330. The molecule has 144 valence electrons. The maximum atomic E-state index is 13.3. The molecule has 28 heavy (non-hydrogen) atoms. The van der Waals surface area contributed by atoms with Crippen molar-refractivity contribution in [3.63, 3.8) is 0 Å². The zero-order chi connectivity index (χ0) is 20.3. The summed E-state index contributed by atoms with van der Waals surface area (Å²) in [6.45, 7) is 3.49. The normalized spacial score (nSPS) is 11.9. The van der Waals surface area contributed by atoms with Crippen LogP contribution in [-0.2, 0) is 0 Å². The van der Waals surface area contributed by atoms with Crippen LogP contribution in [0, 0.1) is 16.6 Å². The van der Waals surface area contributed by atoms with E-state index in [1.165, 1.54) is 18.5 Å². The number of nitrogens with one attached hydrogen (secondary N) is 3. The average molecular weight is 397 g/mol. The molecular formula is C20H20FN5OS. The lowest BCUT2D eigenvalue weighted by Gasteiger charge is -2.17. The highest BCUT2D eigenvalue weighted by Gasteiger charge is 2.16. The van der Waals surface area contributed by atoms with Gasteiger partial charge in [-0.1, -0.05) is 23.9 Å². The number of hydrogen-bond donors (Lipinski definition) is 3. The summed E-state index contributed by atoms with van der Waals surface area (Å²) in [6, 6.07) is 9.66. The standard InChI is InChI=1S/C20H20FN5OS/c1-11(19(23)28-12(2)22)26-20-16-8-14(13-4-6-15(21)7-5-13)9-17(27-3)18(16)24-10-25-20/h4-11,22-23H,1-3H3,(H,24,25,26). The molecule has 0 saturated heterocycles. The Morgan fingerprint density at radius 2 is 1.86 bits per heavy atom. The topological polar surface area (TPSA) is 94.7 Å². The molecule has 0 aliphatic rings. The zero-order valence-corrected chi connectivity index (χ0v) is 16.5. The fourth-order valence-electron chi connectivity index (χ4n) is 2.74. The summed E-state index contributed by atoms with van der Waals surface area (Å²) in [4.78, 5) is 8.67. The Labute approximate surface area is 166 Å². The maximum absolute atomic E-state index is 13.3. The quantitative estimate of drug-likeness (QED) is 0.418. The Hall–Kier alpha value is -3.00. The van der Waals surface area contributed by atoms with Gasteiger partial charge in [-0.3, -0.25) is 10.8 Å². The van der Waals surface area contributed by atoms with E-state index in [4.69, 9.17) is 15.6 Å². The van der Waals surface area contributed by atoms with Gasteiger partial charge in [-0.25, -0.2) is 14.4 Å². The molecular weight excluding hydrogens is 377 g/mol. The molecule has 3 aromatic rings. The van der Waals surface area contributed by atoms with Crippen LogP contribution >= 0.6 is 11.8 Å². The first-order chi connectivity index (χ1) is 13.4. The molecule has 6 nitrogen and oxygen atoms in total. The Morgan fingerprint density at radius 1 is 1.14 bits per heavy atom. The van der Waals surface area contributed by atoms with Crippen LogP contribution in [0.1, 0.15) is 13.8 Å². The lowest BCUT2D eigenvalue weighted by molar-refractivity contribution is 0.419. The molecule has 0 aliphatic heterocycles. The molecule has 2 aromatic carbocycles. The van der Waals surface area contributed by atoms with Crippen molar-refractivity contribution in [2.75, 3.05) is 12.4 Å². The lowest BCUT2D eigenvalue weighted by Crippen LogP contribution is -2.24. The Morgan fingerprint density at radius 3 is 2.50 bits per heavy atom. The highest BCUT2D eigenvalue weighted by atomic mass is 32.2. The molecule has 1 aromatic heterocycles. The number of methoxy groups -OCH3 is 1. The second-order valence-corrected chi connectivity index (χ2v) is 7.45. The second-order valence-electron chi connectivity index (χ2n) is 6.19. The van der Waals surface area contributed by atoms with E-state index in [1.807, 2.05) is 19.1 Å². The largest absolute Gasteiger partial charge is 0.494 e. The third-order valence-electron chi connectivity index (χ3n) is 4.11. The molecule has 3 N–H and O–H groups in total. The summed E-state index contributed by atoms with van der Waals surface area (Å²) >= 11 is 1.10. The van der Waals surface area contributed by atoms with Crippen LogP contribution in [0.2, 0.25) is 0 Å². The number of benzene rings is 2. The van der Waals surface area contributed by atoms with Crippen LogP contribution in [0.15, 0.2) is 42.7 Å². The molecule has 8 heteroatoms. The van der Waals surface area contributed by atoms with Gasteiger partial charge in [0, 0.05) is 5.39 Å². The van der Waals surface area contributed by atoms with Crippen molar-refractivity contribution in [2.24, 2.45) is 0 Å². The van der Waals surface area contributed by atoms with Crippen LogP contribution in [0.5, 0.6) is 5.75 Å². The number of fused-ring (bicyclic) bond motifs is 1. The number of hydrogen-bond acceptors (Lipinski definition) is 7. The van der Waals surface area contributed by atoms with E-state index < -0.39 is 0 Å². The molecule has 3 rings (SSSR count). The van der Waals surface area contributed by atoms with E-state index in [2.05, 4.69) is 15.3 Å². The summed E-state index contributed by atoms with van der Waals surface area (Å²) in [5.74, 6) is 0.844. The van der Waals surface area contributed by atoms with Gasteiger partial charge in [-0.15, -0.1) is 0 Å². The molecule has 0 spiro atoms. The summed E-state index contributed by atoms with van der Waals surface area (Å²) in [7, 11) is 1.57. The molecule has 0 amide bonds. The minimum absolute atomic E-state index is 0.298. The molecule has 0 saturated carbocycles. The fraction of sp³-hybridized carbons (Fsp3) is 0.200. The van der Waals surface area contributed by atoms with E-state index in [9.17, 15) is 4.39 Å². The number of halogens is 1. The van der Waals surface area contributed by atoms with Gasteiger partial charge >= 0.3 is 0 Å². The van der Waals surface area contributed by atoms with Crippen molar-refractivity contribution >= 4 is 38.6 Å². The number of ether oxygens (including phenoxy) is 1. The molecule has 1 unspecified atom stereocenters. The SMILES string of the molecule is COc1cc(-c2ccc(F)cc2)cc2c(NC(C)C(=N)SC(C)=N)ncnc12. The van der Waals surface area contributed by atoms with Crippen molar-refractivity contribution in [2.45, 2.75) is 19.9 Å². The average Bonchev–Trinajstić information content (AvgIpc) is 2.67. The molecule has 0 aliphatic carbocycles. The van der Waals surface area contributed by atoms with Crippen LogP contribution < -0.4 is 10.1 Å². The van der Waals surface area contributed by atoms with Gasteiger partial charge in [0.1, 0.15) is 29.2 Å². The highest BCUT2D eigenvalue weighted by molar-refractivity contribution is 8.26. The molecule has 1 heterocycles. The van der Waals surface area contributed by atoms with Crippen LogP contribution in [-0.4, -0.2) is 33.2 Å². The Balaban J connectivity index is 2.06. The first-order valence-electron chi connectivity index (χ1n) is 8.55. The van der Waals surface area contributed by atoms with Crippen molar-refractivity contribution in [1.82, 2.24) is 9.97 Å². The summed E-state index contributed by atoms with van der Waals surface area (Å²) in [6.07, 6.45) is 1.44. The molecule has 0 fully saturated rings. The Bertz CT molecular complexity index is 1040. The fourth-order valence-corrected chi connectivity index (χ4v) is 3.30. The van der Waals surface area contributed by atoms with Gasteiger partial charge in [0.15, 0.2) is 0 Å². The number of thioether (sulfide) groups is 1. The third kappa shape index (κ3) is 4.28. The van der Waals surface area contributed by atoms with Crippen LogP contribution in [0.4, 0.5) is 10.2 Å². The molecule has 1 atom stereocenters. The summed E-state index contributed by atoms with van der Waals surface area (Å²) in [5, 5.41) is 20.3. The zero-order valence-electron chi connectivity index (χ0n) is 15.7. The number of rotatable bonds is 5. The van der Waals surface area contributed by atoms with E-state index in [0.717, 1.165) is 28.3 Å². The predicted molar refractivity (Wildman–Crippen MR) is 113 cm³/mol. The minimum Gasteiger partial charge on any atom is -0.494 e. The predicted octanol–water partition coefficient (Wildman–Crippen LogP) is 4.95. The molecule has 0 bridgehead atoms. The van der Waals surface area contributed by atoms with E-state index in [0.29, 0.717) is 27.2 Å². The van der Waals surface area contributed by atoms with Crippen LogP contribution in [0.25, 0.3) is 22.0 Å². The summed E-state index contributed by atoms with van der Waals surface area (Å²) in [5.41, 5.74) is 2.32. The number of anilines is 1. The van der Waals surface area contributed by atoms with Crippen molar-refractivity contribution in [1.29, 1.82) is 10.8 Å². The maximum Gasteiger partial charge on any atom is 0.145 e. The highest BCUT2D eigenvalue weighted by Crippen LogP contribution is 2.34. The third-order valence-corrected chi connectivity index (χ3v) is 4.99. The van der Waals surface area contributed by atoms with E-state index >= 15 is 0 Å². The van der Waals surface area contributed by atoms with E-state index in [-0.39, 0.29) is 11.9 Å². The Kier molecular flexibility index (Phi) is 5.89. The smallest absolute Gasteiger partial charge is 0.145 e. The van der Waals surface area contributed by atoms with Crippen molar-refractivity contribution in [3.05, 3.63) is 48.5 Å².